The number of ether oxygens (including phenoxy) is 8. The van der Waals surface area contributed by atoms with Crippen LogP contribution < -0.4 is 0 Å². The summed E-state index contributed by atoms with van der Waals surface area (Å²) < 4.78 is 48.1. The molecule has 0 spiro atoms. The van der Waals surface area contributed by atoms with E-state index in [9.17, 15) is 54.9 Å². The number of carbonyl (C=O) groups excluding carboxylic acids is 4. The summed E-state index contributed by atoms with van der Waals surface area (Å²) in [5, 5.41) is 77.7. The van der Waals surface area contributed by atoms with Crippen molar-refractivity contribution in [1.29, 1.82) is 0 Å². The molecule has 0 unspecified atom stereocenters. The maximum Gasteiger partial charge on any atom is 0.337 e. The molecule has 0 radical (unpaired) electrons. The van der Waals surface area contributed by atoms with E-state index in [4.69, 9.17) is 37.9 Å². The number of allylic oxidation sites excluding steroid dienone is 3. The number of hydrogen-bond acceptors (Lipinski definition) is 19. The SMILES string of the molecule is CC=C(C)C(=O)O[C@H]1[C@H](OC(=O)[C@H](C)CC)[C@]2(CO)[C@H](OC(C)=O)C[C@]3(C)C(=CC[C@@H]4[C@@]5(C)CC[C@H](O[C@@H]6O[C@H](C(=O)OC)[C@@H](O)[C@H](O[C@@H]7OC[C@H](O)[C@H](O)[C@H]7O)[C@H]6O)[C@@](C)(CO)[C@@H]5CC[C@]43C)[C@@H]2CC1(C)C. The van der Waals surface area contributed by atoms with Crippen LogP contribution in [0.5, 0.6) is 0 Å². The summed E-state index contributed by atoms with van der Waals surface area (Å²) in [5.74, 6) is -3.81. The number of aliphatic hydroxyl groups excluding tert-OH is 7. The van der Waals surface area contributed by atoms with E-state index in [0.29, 0.717) is 50.5 Å². The molecule has 0 amide bonds. The molecule has 0 aromatic rings. The maximum absolute atomic E-state index is 14.0. The van der Waals surface area contributed by atoms with Crippen LogP contribution in [-0.2, 0) is 57.1 Å². The fourth-order valence-electron chi connectivity index (χ4n) is 15.2. The Hall–Kier alpha value is -3.08. The van der Waals surface area contributed by atoms with Gasteiger partial charge in [-0.15, -0.1) is 0 Å². The molecule has 73 heavy (non-hydrogen) atoms. The second-order valence-electron chi connectivity index (χ2n) is 24.2. The lowest BCUT2D eigenvalue weighted by atomic mass is 9.33. The molecule has 2 saturated heterocycles. The van der Waals surface area contributed by atoms with Gasteiger partial charge in [0.2, 0.25) is 0 Å². The van der Waals surface area contributed by atoms with Crippen molar-refractivity contribution in [2.75, 3.05) is 26.9 Å². The van der Waals surface area contributed by atoms with E-state index < -0.39 is 161 Å². The molecule has 7 aliphatic rings. The first-order valence-electron chi connectivity index (χ1n) is 26.3. The molecular weight excluding hydrogens is 953 g/mol. The van der Waals surface area contributed by atoms with E-state index in [1.807, 2.05) is 27.7 Å². The van der Waals surface area contributed by atoms with E-state index >= 15 is 0 Å². The fourth-order valence-corrected chi connectivity index (χ4v) is 15.2. The van der Waals surface area contributed by atoms with E-state index in [1.165, 1.54) is 6.92 Å². The Morgan fingerprint density at radius 3 is 2.10 bits per heavy atom. The van der Waals surface area contributed by atoms with Crippen LogP contribution in [0.3, 0.4) is 0 Å². The molecule has 414 valence electrons. The predicted molar refractivity (Wildman–Crippen MR) is 258 cm³/mol. The highest BCUT2D eigenvalue weighted by atomic mass is 16.7. The van der Waals surface area contributed by atoms with Crippen LogP contribution >= 0.6 is 0 Å². The topological polar surface area (TPSA) is 284 Å². The lowest BCUT2D eigenvalue weighted by molar-refractivity contribution is -0.358. The lowest BCUT2D eigenvalue weighted by Crippen LogP contribution is -2.73. The average Bonchev–Trinajstić information content (AvgIpc) is 3.34. The van der Waals surface area contributed by atoms with Crippen molar-refractivity contribution in [2.24, 2.45) is 56.2 Å². The zero-order valence-electron chi connectivity index (χ0n) is 44.8. The van der Waals surface area contributed by atoms with Crippen molar-refractivity contribution < 1.29 is 92.8 Å². The van der Waals surface area contributed by atoms with Gasteiger partial charge in [0.25, 0.3) is 0 Å². The van der Waals surface area contributed by atoms with Crippen molar-refractivity contribution >= 4 is 23.9 Å². The molecular formula is C54H84O19. The van der Waals surface area contributed by atoms with Crippen molar-refractivity contribution in [2.45, 2.75) is 207 Å². The van der Waals surface area contributed by atoms with Gasteiger partial charge in [0.05, 0.1) is 44.4 Å². The minimum absolute atomic E-state index is 0.00369. The quantitative estimate of drug-likeness (QED) is 0.0459. The average molecular weight is 1040 g/mol. The Balaban J connectivity index is 1.24. The van der Waals surface area contributed by atoms with Crippen LogP contribution in [-0.4, -0.2) is 166 Å². The second-order valence-corrected chi connectivity index (χ2v) is 24.2. The molecule has 2 heterocycles. The third kappa shape index (κ3) is 9.33. The number of esters is 4. The van der Waals surface area contributed by atoms with Crippen LogP contribution in [0.2, 0.25) is 0 Å². The Morgan fingerprint density at radius 1 is 0.808 bits per heavy atom. The Kier molecular flexibility index (Phi) is 16.6. The summed E-state index contributed by atoms with van der Waals surface area (Å²) >= 11 is 0. The van der Waals surface area contributed by atoms with Gasteiger partial charge in [-0.05, 0) is 99.2 Å². The van der Waals surface area contributed by atoms with Gasteiger partial charge in [0, 0.05) is 23.3 Å². The Morgan fingerprint density at radius 2 is 1.49 bits per heavy atom. The highest BCUT2D eigenvalue weighted by molar-refractivity contribution is 5.88. The molecule has 7 N–H and O–H groups in total. The normalized spacial score (nSPS) is 46.7. The van der Waals surface area contributed by atoms with Gasteiger partial charge in [-0.3, -0.25) is 9.59 Å². The van der Waals surface area contributed by atoms with Crippen LogP contribution in [0.1, 0.15) is 128 Å². The van der Waals surface area contributed by atoms with Crippen LogP contribution in [0.4, 0.5) is 0 Å². The number of aliphatic hydroxyl groups is 7. The molecule has 0 aromatic carbocycles. The molecule has 2 aliphatic heterocycles. The van der Waals surface area contributed by atoms with Crippen molar-refractivity contribution in [1.82, 2.24) is 0 Å². The summed E-state index contributed by atoms with van der Waals surface area (Å²) in [6.07, 6.45) is -11.1. The lowest BCUT2D eigenvalue weighted by Gasteiger charge is -2.72. The van der Waals surface area contributed by atoms with Gasteiger partial charge in [-0.1, -0.05) is 73.1 Å². The number of fused-ring (bicyclic) bond motifs is 7. The first kappa shape index (κ1) is 57.6. The van der Waals surface area contributed by atoms with Gasteiger partial charge >= 0.3 is 23.9 Å². The Bertz CT molecular complexity index is 2130. The zero-order chi connectivity index (χ0) is 54.1. The van der Waals surface area contributed by atoms with Gasteiger partial charge in [-0.2, -0.15) is 0 Å². The van der Waals surface area contributed by atoms with Crippen LogP contribution in [0.25, 0.3) is 0 Å². The molecule has 4 saturated carbocycles. The zero-order valence-corrected chi connectivity index (χ0v) is 44.8. The molecule has 5 aliphatic carbocycles. The summed E-state index contributed by atoms with van der Waals surface area (Å²) in [7, 11) is 1.10. The number of rotatable bonds is 13. The van der Waals surface area contributed by atoms with Gasteiger partial charge in [0.15, 0.2) is 24.8 Å². The van der Waals surface area contributed by atoms with E-state index in [2.05, 4.69) is 26.8 Å². The van der Waals surface area contributed by atoms with Crippen LogP contribution in [0.15, 0.2) is 23.3 Å². The summed E-state index contributed by atoms with van der Waals surface area (Å²) in [5.41, 5.74) is -3.26. The maximum atomic E-state index is 14.0. The van der Waals surface area contributed by atoms with Crippen molar-refractivity contribution in [3.8, 4) is 0 Å². The van der Waals surface area contributed by atoms with E-state index in [0.717, 1.165) is 12.7 Å². The smallest absolute Gasteiger partial charge is 0.337 e. The minimum atomic E-state index is -1.85. The number of carbonyl (C=O) groups is 4. The molecule has 6 fully saturated rings. The fraction of sp³-hybridized carbons (Fsp3) is 0.852. The molecule has 7 rings (SSSR count). The first-order valence-corrected chi connectivity index (χ1v) is 26.3. The van der Waals surface area contributed by atoms with Gasteiger partial charge in [-0.25, -0.2) is 9.59 Å². The third-order valence-corrected chi connectivity index (χ3v) is 20.0. The van der Waals surface area contributed by atoms with Gasteiger partial charge < -0.3 is 73.6 Å². The monoisotopic (exact) mass is 1040 g/mol. The number of hydrogen-bond donors (Lipinski definition) is 7. The second kappa shape index (κ2) is 21.0. The van der Waals surface area contributed by atoms with E-state index in [1.54, 1.807) is 26.8 Å². The van der Waals surface area contributed by atoms with Gasteiger partial charge in [0.1, 0.15) is 48.8 Å². The summed E-state index contributed by atoms with van der Waals surface area (Å²) in [6.45, 7) is 19.8. The first-order chi connectivity index (χ1) is 34.1. The standard InChI is InChI=1S/C54H84O19/c1-13-26(3)44(63)72-42-43(73-45(64)27(4)14-2)54(25-56)30(21-49(42,6)7)29-15-16-33-50(8)19-18-34(51(9,24-55)32(50)17-20-52(33,10)53(29,11)22-35(54)68-28(5)57)69-48-39(62)40(38(61)41(71-48)46(65)66-12)70-47-37(60)36(59)31(58)23-67-47/h13,15,27,30-43,47-48,55-56,58-62H,14,16-25H2,1-12H3/t27-,30+,31+,32-,33-,34+,35-,36+,37-,38+,39-,40+,41+,42+,43+,47+,48-,50+,51+,52-,53-,54+/m1/s1. The molecule has 22 atom stereocenters. The highest BCUT2D eigenvalue weighted by Gasteiger charge is 2.75. The van der Waals surface area contributed by atoms with Crippen molar-refractivity contribution in [3.05, 3.63) is 23.3 Å². The predicted octanol–water partition coefficient (Wildman–Crippen LogP) is 3.18. The van der Waals surface area contributed by atoms with Crippen LogP contribution in [0, 0.1) is 56.2 Å². The minimum Gasteiger partial charge on any atom is -0.467 e. The largest absolute Gasteiger partial charge is 0.467 e. The molecule has 19 nitrogen and oxygen atoms in total. The van der Waals surface area contributed by atoms with Crippen molar-refractivity contribution in [3.63, 3.8) is 0 Å². The molecule has 19 heteroatoms. The summed E-state index contributed by atoms with van der Waals surface area (Å²) in [4.78, 5) is 54.1. The molecule has 0 bridgehead atoms. The third-order valence-electron chi connectivity index (χ3n) is 20.0. The molecule has 0 aromatic heterocycles. The van der Waals surface area contributed by atoms with E-state index in [-0.39, 0.29) is 24.9 Å². The number of methoxy groups -OCH3 is 1. The highest BCUT2D eigenvalue weighted by Crippen LogP contribution is 2.76. The Labute approximate surface area is 429 Å². The summed E-state index contributed by atoms with van der Waals surface area (Å²) in [6, 6.07) is 0.